The molecule has 0 aliphatic rings. The summed E-state index contributed by atoms with van der Waals surface area (Å²) >= 11 is 0. The van der Waals surface area contributed by atoms with E-state index in [1.54, 1.807) is 0 Å². The molecule has 116 valence electrons. The van der Waals surface area contributed by atoms with Gasteiger partial charge in [-0.1, -0.05) is 82.6 Å². The minimum absolute atomic E-state index is 0.592. The van der Waals surface area contributed by atoms with Crippen LogP contribution in [0.2, 0.25) is 18.1 Å². The van der Waals surface area contributed by atoms with Gasteiger partial charge in [0.1, 0.15) is 11.8 Å². The third-order valence-electron chi connectivity index (χ3n) is 4.51. The van der Waals surface area contributed by atoms with Crippen molar-refractivity contribution < 1.29 is 0 Å². The molecular weight excluding hydrogens is 272 g/mol. The zero-order valence-corrected chi connectivity index (χ0v) is 15.0. The smallest absolute Gasteiger partial charge is 0.140 e. The lowest BCUT2D eigenvalue weighted by molar-refractivity contribution is 0.800. The second-order valence-corrected chi connectivity index (χ2v) is 10.8. The van der Waals surface area contributed by atoms with Crippen LogP contribution in [0.25, 0.3) is 0 Å². The largest absolute Gasteiger partial charge is 0.246 e. The van der Waals surface area contributed by atoms with E-state index in [9.17, 15) is 0 Å². The molecule has 0 aromatic carbocycles. The summed E-state index contributed by atoms with van der Waals surface area (Å²) < 4.78 is 0. The topological polar surface area (TPSA) is 36.7 Å². The maximum absolute atomic E-state index is 9.16. The number of unbranched alkanes of at least 4 members (excludes halogenated alkanes) is 3. The fraction of sp³-hybridized carbons (Fsp3) is 0.667. The molecule has 0 aliphatic heterocycles. The Morgan fingerprint density at radius 2 is 1.52 bits per heavy atom. The van der Waals surface area contributed by atoms with Crippen LogP contribution in [-0.4, -0.2) is 13.1 Å². The Labute approximate surface area is 131 Å². The van der Waals surface area contributed by atoms with E-state index in [0.29, 0.717) is 5.69 Å². The molecule has 0 bridgehead atoms. The van der Waals surface area contributed by atoms with Gasteiger partial charge in [0, 0.05) is 6.20 Å². The van der Waals surface area contributed by atoms with Gasteiger partial charge < -0.3 is 0 Å². The minimum atomic E-state index is -1.47. The maximum Gasteiger partial charge on any atom is 0.140 e. The molecule has 1 aromatic heterocycles. The molecule has 0 saturated heterocycles. The Balaban J connectivity index is 3.12. The second kappa shape index (κ2) is 9.73. The lowest BCUT2D eigenvalue weighted by Gasteiger charge is -2.33. The molecule has 0 N–H and O–H groups in total. The molecule has 0 saturated carbocycles. The lowest BCUT2D eigenvalue weighted by Crippen LogP contribution is -2.47. The lowest BCUT2D eigenvalue weighted by atomic mass is 10.4. The third kappa shape index (κ3) is 5.28. The number of aromatic nitrogens is 1. The summed E-state index contributed by atoms with van der Waals surface area (Å²) in [6, 6.07) is 10.6. The van der Waals surface area contributed by atoms with Crippen LogP contribution in [0.15, 0.2) is 18.3 Å². The highest BCUT2D eigenvalue weighted by Crippen LogP contribution is 2.28. The summed E-state index contributed by atoms with van der Waals surface area (Å²) in [6.45, 7) is 6.85. The summed E-state index contributed by atoms with van der Waals surface area (Å²) in [4.78, 5) is 4.17. The molecule has 0 fully saturated rings. The van der Waals surface area contributed by atoms with Crippen molar-refractivity contribution in [2.75, 3.05) is 0 Å². The zero-order valence-electron chi connectivity index (χ0n) is 14.0. The fourth-order valence-corrected chi connectivity index (χ4v) is 8.75. The van der Waals surface area contributed by atoms with Crippen molar-refractivity contribution >= 4 is 13.3 Å². The van der Waals surface area contributed by atoms with E-state index >= 15 is 0 Å². The van der Waals surface area contributed by atoms with Gasteiger partial charge in [-0.2, -0.15) is 5.26 Å². The van der Waals surface area contributed by atoms with Crippen molar-refractivity contribution in [3.63, 3.8) is 0 Å². The van der Waals surface area contributed by atoms with Crippen LogP contribution in [0, 0.1) is 11.3 Å². The summed E-state index contributed by atoms with van der Waals surface area (Å²) in [5, 5.41) is 10.6. The monoisotopic (exact) mass is 302 g/mol. The molecule has 0 unspecified atom stereocenters. The van der Waals surface area contributed by atoms with Crippen molar-refractivity contribution in [3.05, 3.63) is 24.0 Å². The molecule has 0 radical (unpaired) electrons. The number of hydrogen-bond acceptors (Lipinski definition) is 2. The Morgan fingerprint density at radius 1 is 1.00 bits per heavy atom. The van der Waals surface area contributed by atoms with E-state index in [1.807, 2.05) is 6.20 Å². The predicted molar refractivity (Wildman–Crippen MR) is 93.5 cm³/mol. The molecular formula is C18H30N2Si. The maximum atomic E-state index is 9.16. The number of hydrogen-bond donors (Lipinski definition) is 0. The first-order valence-corrected chi connectivity index (χ1v) is 11.2. The minimum Gasteiger partial charge on any atom is -0.246 e. The highest BCUT2D eigenvalue weighted by molar-refractivity contribution is 6.91. The Morgan fingerprint density at radius 3 is 1.95 bits per heavy atom. The van der Waals surface area contributed by atoms with Gasteiger partial charge in [-0.25, -0.2) is 4.98 Å². The van der Waals surface area contributed by atoms with E-state index in [4.69, 9.17) is 5.26 Å². The van der Waals surface area contributed by atoms with Gasteiger partial charge in [-0.15, -0.1) is 0 Å². The number of pyridine rings is 1. The van der Waals surface area contributed by atoms with E-state index in [2.05, 4.69) is 44.0 Å². The Bertz CT molecular complexity index is 429. The molecule has 0 atom stereocenters. The molecule has 3 heteroatoms. The Hall–Kier alpha value is -1.14. The molecule has 1 rings (SSSR count). The molecule has 2 nitrogen and oxygen atoms in total. The van der Waals surface area contributed by atoms with Gasteiger partial charge in [0.15, 0.2) is 0 Å². The van der Waals surface area contributed by atoms with E-state index in [-0.39, 0.29) is 0 Å². The average Bonchev–Trinajstić information content (AvgIpc) is 2.54. The highest BCUT2D eigenvalue weighted by atomic mass is 28.3. The van der Waals surface area contributed by atoms with Crippen molar-refractivity contribution in [2.45, 2.75) is 77.4 Å². The molecule has 1 aromatic rings. The zero-order chi connectivity index (χ0) is 15.6. The van der Waals surface area contributed by atoms with Crippen molar-refractivity contribution in [3.8, 4) is 6.07 Å². The van der Waals surface area contributed by atoms with Crippen LogP contribution >= 0.6 is 0 Å². The third-order valence-corrected chi connectivity index (χ3v) is 9.98. The molecule has 1 heterocycles. The van der Waals surface area contributed by atoms with E-state index in [1.165, 1.54) is 61.8 Å². The van der Waals surface area contributed by atoms with Gasteiger partial charge in [-0.3, -0.25) is 0 Å². The van der Waals surface area contributed by atoms with Crippen molar-refractivity contribution in [1.29, 1.82) is 5.26 Å². The summed E-state index contributed by atoms with van der Waals surface area (Å²) in [7, 11) is -1.47. The molecule has 0 spiro atoms. The van der Waals surface area contributed by atoms with Crippen LogP contribution in [0.4, 0.5) is 0 Å². The highest BCUT2D eigenvalue weighted by Gasteiger charge is 2.33. The Kier molecular flexibility index (Phi) is 8.30. The van der Waals surface area contributed by atoms with Gasteiger partial charge in [0.2, 0.25) is 0 Å². The first-order chi connectivity index (χ1) is 10.2. The standard InChI is InChI=1S/C18H30N2Si/c1-4-7-12-21(13-8-5-2,14-9-6-3)18-10-11-20-17(15-18)16-19/h10-11,15H,4-9,12-14H2,1-3H3. The normalized spacial score (nSPS) is 11.3. The van der Waals surface area contributed by atoms with Crippen molar-refractivity contribution in [1.82, 2.24) is 4.98 Å². The molecule has 0 aliphatic carbocycles. The number of rotatable bonds is 10. The van der Waals surface area contributed by atoms with Gasteiger partial charge in [0.25, 0.3) is 0 Å². The number of nitrogens with zero attached hydrogens (tertiary/aromatic N) is 2. The van der Waals surface area contributed by atoms with E-state index < -0.39 is 8.07 Å². The van der Waals surface area contributed by atoms with Crippen LogP contribution in [0.5, 0.6) is 0 Å². The first kappa shape index (κ1) is 17.9. The first-order valence-electron chi connectivity index (χ1n) is 8.59. The quantitative estimate of drug-likeness (QED) is 0.570. The van der Waals surface area contributed by atoms with Gasteiger partial charge in [0.05, 0.1) is 8.07 Å². The predicted octanol–water partition coefficient (Wildman–Crippen LogP) is 5.01. The summed E-state index contributed by atoms with van der Waals surface area (Å²) in [5.74, 6) is 0. The summed E-state index contributed by atoms with van der Waals surface area (Å²) in [6.07, 6.45) is 9.62. The second-order valence-electron chi connectivity index (χ2n) is 6.13. The van der Waals surface area contributed by atoms with Gasteiger partial charge >= 0.3 is 0 Å². The van der Waals surface area contributed by atoms with Gasteiger partial charge in [-0.05, 0) is 12.1 Å². The van der Waals surface area contributed by atoms with Crippen LogP contribution < -0.4 is 5.19 Å². The van der Waals surface area contributed by atoms with Crippen molar-refractivity contribution in [2.24, 2.45) is 0 Å². The number of nitriles is 1. The molecule has 0 amide bonds. The van der Waals surface area contributed by atoms with Crippen LogP contribution in [0.1, 0.15) is 65.0 Å². The summed E-state index contributed by atoms with van der Waals surface area (Å²) in [5.41, 5.74) is 0.592. The van der Waals surface area contributed by atoms with Crippen LogP contribution in [0.3, 0.4) is 0 Å². The average molecular weight is 303 g/mol. The fourth-order valence-electron chi connectivity index (χ4n) is 3.18. The SMILES string of the molecule is CCCC[Si](CCCC)(CCCC)c1ccnc(C#N)c1. The molecule has 21 heavy (non-hydrogen) atoms. The van der Waals surface area contributed by atoms with Crippen LogP contribution in [-0.2, 0) is 0 Å². The van der Waals surface area contributed by atoms with E-state index in [0.717, 1.165) is 0 Å².